The molecule has 0 saturated carbocycles. The van der Waals surface area contributed by atoms with E-state index >= 15 is 0 Å². The number of carbonyl (C=O) groups excluding carboxylic acids is 1. The van der Waals surface area contributed by atoms with E-state index in [9.17, 15) is 9.18 Å². The third-order valence-corrected chi connectivity index (χ3v) is 5.09. The van der Waals surface area contributed by atoms with Crippen LogP contribution in [0.5, 0.6) is 0 Å². The van der Waals surface area contributed by atoms with E-state index in [0.717, 1.165) is 38.0 Å². The maximum absolute atomic E-state index is 13.6. The van der Waals surface area contributed by atoms with Crippen LogP contribution in [0.15, 0.2) is 42.5 Å². The number of hydrogen-bond donors (Lipinski definition) is 1. The lowest BCUT2D eigenvalue weighted by atomic mass is 9.95. The number of halogens is 3. The Bertz CT molecular complexity index is 761. The van der Waals surface area contributed by atoms with Crippen LogP contribution in [-0.4, -0.2) is 23.9 Å². The maximum atomic E-state index is 13.6. The molecule has 1 amide bonds. The summed E-state index contributed by atoms with van der Waals surface area (Å²) in [7, 11) is 0. The Labute approximate surface area is 156 Å². The van der Waals surface area contributed by atoms with Crippen LogP contribution >= 0.6 is 23.2 Å². The third-order valence-electron chi connectivity index (χ3n) is 4.50. The molecule has 0 spiro atoms. The number of hydrogen-bond acceptors (Lipinski definition) is 2. The molecule has 132 valence electrons. The minimum absolute atomic E-state index is 0.100. The molecule has 1 aliphatic rings. The number of rotatable bonds is 4. The fourth-order valence-corrected chi connectivity index (χ4v) is 3.51. The summed E-state index contributed by atoms with van der Waals surface area (Å²) < 4.78 is 13.6. The number of anilines is 1. The molecule has 0 bridgehead atoms. The Morgan fingerprint density at radius 1 is 1.16 bits per heavy atom. The van der Waals surface area contributed by atoms with Crippen molar-refractivity contribution in [3.8, 4) is 0 Å². The maximum Gasteiger partial charge on any atom is 0.227 e. The van der Waals surface area contributed by atoms with Gasteiger partial charge in [0.15, 0.2) is 0 Å². The van der Waals surface area contributed by atoms with Crippen molar-refractivity contribution in [1.82, 2.24) is 4.90 Å². The summed E-state index contributed by atoms with van der Waals surface area (Å²) in [6.07, 6.45) is 1.48. The molecule has 1 aliphatic heterocycles. The average molecular weight is 381 g/mol. The van der Waals surface area contributed by atoms with Crippen LogP contribution in [0.1, 0.15) is 18.4 Å². The van der Waals surface area contributed by atoms with Gasteiger partial charge in [0.05, 0.1) is 5.69 Å². The molecule has 6 heteroatoms. The standard InChI is InChI=1S/C19H19Cl2FN2O/c20-15-6-5-14(16(21)11-15)12-24-9-7-13(8-10-24)19(25)23-18-4-2-1-3-17(18)22/h1-6,11,13H,7-10,12H2,(H,23,25). The van der Waals surface area contributed by atoms with Gasteiger partial charge in [0.25, 0.3) is 0 Å². The highest BCUT2D eigenvalue weighted by molar-refractivity contribution is 6.35. The predicted molar refractivity (Wildman–Crippen MR) is 99.5 cm³/mol. The number of nitrogens with one attached hydrogen (secondary N) is 1. The molecule has 0 unspecified atom stereocenters. The van der Waals surface area contributed by atoms with Crippen molar-refractivity contribution < 1.29 is 9.18 Å². The average Bonchev–Trinajstić information content (AvgIpc) is 2.60. The van der Waals surface area contributed by atoms with E-state index in [4.69, 9.17) is 23.2 Å². The van der Waals surface area contributed by atoms with Gasteiger partial charge in [0, 0.05) is 22.5 Å². The van der Waals surface area contributed by atoms with Crippen LogP contribution in [-0.2, 0) is 11.3 Å². The molecule has 1 heterocycles. The van der Waals surface area contributed by atoms with Crippen molar-refractivity contribution in [2.24, 2.45) is 5.92 Å². The van der Waals surface area contributed by atoms with Gasteiger partial charge in [0.1, 0.15) is 5.82 Å². The lowest BCUT2D eigenvalue weighted by Gasteiger charge is -2.31. The van der Waals surface area contributed by atoms with Crippen molar-refractivity contribution >= 4 is 34.8 Å². The Morgan fingerprint density at radius 2 is 1.88 bits per heavy atom. The summed E-state index contributed by atoms with van der Waals surface area (Å²) in [4.78, 5) is 14.6. The van der Waals surface area contributed by atoms with Crippen LogP contribution in [0, 0.1) is 11.7 Å². The van der Waals surface area contributed by atoms with Crippen molar-refractivity contribution in [2.75, 3.05) is 18.4 Å². The summed E-state index contributed by atoms with van der Waals surface area (Å²) in [5.41, 5.74) is 1.27. The fraction of sp³-hybridized carbons (Fsp3) is 0.316. The normalized spacial score (nSPS) is 16.0. The predicted octanol–water partition coefficient (Wildman–Crippen LogP) is 4.98. The number of carbonyl (C=O) groups is 1. The van der Waals surface area contributed by atoms with Crippen LogP contribution in [0.2, 0.25) is 10.0 Å². The van der Waals surface area contributed by atoms with Gasteiger partial charge in [-0.1, -0.05) is 41.4 Å². The highest BCUT2D eigenvalue weighted by atomic mass is 35.5. The molecule has 1 saturated heterocycles. The zero-order valence-corrected chi connectivity index (χ0v) is 15.2. The first-order valence-corrected chi connectivity index (χ1v) is 9.00. The number of likely N-dealkylation sites (tertiary alicyclic amines) is 1. The first kappa shape index (κ1) is 18.2. The molecular weight excluding hydrogens is 362 g/mol. The minimum atomic E-state index is -0.411. The molecule has 3 rings (SSSR count). The largest absolute Gasteiger partial charge is 0.323 e. The van der Waals surface area contributed by atoms with Crippen LogP contribution in [0.3, 0.4) is 0 Å². The van der Waals surface area contributed by atoms with Gasteiger partial charge in [-0.2, -0.15) is 0 Å². The second-order valence-corrected chi connectivity index (χ2v) is 7.10. The van der Waals surface area contributed by atoms with Crippen molar-refractivity contribution in [2.45, 2.75) is 19.4 Å². The van der Waals surface area contributed by atoms with E-state index in [1.54, 1.807) is 24.3 Å². The zero-order chi connectivity index (χ0) is 17.8. The molecule has 25 heavy (non-hydrogen) atoms. The Morgan fingerprint density at radius 3 is 2.56 bits per heavy atom. The van der Waals surface area contributed by atoms with Crippen LogP contribution in [0.4, 0.5) is 10.1 Å². The smallest absolute Gasteiger partial charge is 0.227 e. The second-order valence-electron chi connectivity index (χ2n) is 6.26. The highest BCUT2D eigenvalue weighted by Gasteiger charge is 2.25. The van der Waals surface area contributed by atoms with Gasteiger partial charge in [-0.15, -0.1) is 0 Å². The Hall–Kier alpha value is -1.62. The first-order chi connectivity index (χ1) is 12.0. The summed E-state index contributed by atoms with van der Waals surface area (Å²) in [6.45, 7) is 2.33. The van der Waals surface area contributed by atoms with Gasteiger partial charge in [0.2, 0.25) is 5.91 Å². The van der Waals surface area contributed by atoms with Gasteiger partial charge in [-0.25, -0.2) is 4.39 Å². The van der Waals surface area contributed by atoms with Gasteiger partial charge in [-0.3, -0.25) is 9.69 Å². The fourth-order valence-electron chi connectivity index (χ4n) is 3.04. The summed E-state index contributed by atoms with van der Waals surface area (Å²) >= 11 is 12.1. The topological polar surface area (TPSA) is 32.3 Å². The van der Waals surface area contributed by atoms with Crippen LogP contribution < -0.4 is 5.32 Å². The Kier molecular flexibility index (Phi) is 5.94. The van der Waals surface area contributed by atoms with E-state index in [0.29, 0.717) is 10.0 Å². The van der Waals surface area contributed by atoms with Crippen molar-refractivity contribution in [3.63, 3.8) is 0 Å². The quantitative estimate of drug-likeness (QED) is 0.810. The molecule has 0 atom stereocenters. The lowest BCUT2D eigenvalue weighted by molar-refractivity contribution is -0.121. The van der Waals surface area contributed by atoms with Crippen molar-refractivity contribution in [1.29, 1.82) is 0 Å². The van der Waals surface area contributed by atoms with E-state index in [2.05, 4.69) is 10.2 Å². The van der Waals surface area contributed by atoms with Gasteiger partial charge in [-0.05, 0) is 55.8 Å². The lowest BCUT2D eigenvalue weighted by Crippen LogP contribution is -2.37. The number of para-hydroxylation sites is 1. The van der Waals surface area contributed by atoms with E-state index in [-0.39, 0.29) is 17.5 Å². The number of amides is 1. The van der Waals surface area contributed by atoms with Crippen molar-refractivity contribution in [3.05, 3.63) is 63.9 Å². The molecule has 1 N–H and O–H groups in total. The molecule has 0 aromatic heterocycles. The highest BCUT2D eigenvalue weighted by Crippen LogP contribution is 2.25. The second kappa shape index (κ2) is 8.17. The number of nitrogens with zero attached hydrogens (tertiary/aromatic N) is 1. The summed E-state index contributed by atoms with van der Waals surface area (Å²) in [5.74, 6) is -0.628. The molecule has 3 nitrogen and oxygen atoms in total. The molecule has 1 fully saturated rings. The molecule has 0 radical (unpaired) electrons. The summed E-state index contributed by atoms with van der Waals surface area (Å²) in [6, 6.07) is 11.7. The summed E-state index contributed by atoms with van der Waals surface area (Å²) in [5, 5.41) is 3.97. The van der Waals surface area contributed by atoms with Gasteiger partial charge < -0.3 is 5.32 Å². The molecule has 2 aromatic carbocycles. The minimum Gasteiger partial charge on any atom is -0.323 e. The van der Waals surface area contributed by atoms with E-state index in [1.807, 2.05) is 12.1 Å². The number of benzene rings is 2. The van der Waals surface area contributed by atoms with Gasteiger partial charge >= 0.3 is 0 Å². The molecule has 2 aromatic rings. The number of piperidine rings is 1. The Balaban J connectivity index is 1.53. The monoisotopic (exact) mass is 380 g/mol. The van der Waals surface area contributed by atoms with E-state index < -0.39 is 5.82 Å². The molecule has 0 aliphatic carbocycles. The third kappa shape index (κ3) is 4.72. The van der Waals surface area contributed by atoms with Crippen LogP contribution in [0.25, 0.3) is 0 Å². The zero-order valence-electron chi connectivity index (χ0n) is 13.6. The SMILES string of the molecule is O=C(Nc1ccccc1F)C1CCN(Cc2ccc(Cl)cc2Cl)CC1. The van der Waals surface area contributed by atoms with E-state index in [1.165, 1.54) is 6.07 Å². The molecular formula is C19H19Cl2FN2O. The first-order valence-electron chi connectivity index (χ1n) is 8.24.